The highest BCUT2D eigenvalue weighted by molar-refractivity contribution is 7.70. The largest absolute Gasteiger partial charge is 0.387 e. The number of nitrogens with one attached hydrogen (secondary N) is 1. The minimum atomic E-state index is -4.80. The van der Waals surface area contributed by atoms with Crippen LogP contribution in [-0.2, 0) is 23.1 Å². The van der Waals surface area contributed by atoms with Crippen molar-refractivity contribution in [2.24, 2.45) is 0 Å². The molecular weight excluding hydrogens is 410 g/mol. The molecule has 1 aliphatic heterocycles. The predicted octanol–water partition coefficient (Wildman–Crippen LogP) is -1.54. The zero-order chi connectivity index (χ0) is 20.6. The lowest BCUT2D eigenvalue weighted by Crippen LogP contribution is -2.39. The van der Waals surface area contributed by atoms with Crippen LogP contribution in [-0.4, -0.2) is 67.3 Å². The molecule has 13 nitrogen and oxygen atoms in total. The Morgan fingerprint density at radius 3 is 2.48 bits per heavy atom. The van der Waals surface area contributed by atoms with Crippen molar-refractivity contribution >= 4 is 15.2 Å². The van der Waals surface area contributed by atoms with E-state index >= 15 is 0 Å². The van der Waals surface area contributed by atoms with Crippen molar-refractivity contribution in [1.29, 1.82) is 0 Å². The summed E-state index contributed by atoms with van der Waals surface area (Å²) in [5.41, 5.74) is -1.22. The summed E-state index contributed by atoms with van der Waals surface area (Å²) in [4.78, 5) is 52.6. The summed E-state index contributed by atoms with van der Waals surface area (Å²) < 4.78 is 38.8. The van der Waals surface area contributed by atoms with E-state index in [-0.39, 0.29) is 5.56 Å². The molecule has 1 aromatic heterocycles. The molecule has 1 aromatic rings. The lowest BCUT2D eigenvalue weighted by Gasteiger charge is -2.20. The maximum Gasteiger partial charge on any atom is 0.340 e. The molecule has 0 spiro atoms. The number of ether oxygens (including phenoxy) is 2. The fraction of sp³-hybridized carbons (Fsp3) is 0.667. The SMILES string of the molecule is CO[C@@H]1[C@H](O)[C@@H](COP(=O)(O)CP(=O)(O)O)O[C@H]1n1cc(C)c(=O)[nH]c1=O. The Morgan fingerprint density at radius 1 is 1.30 bits per heavy atom. The van der Waals surface area contributed by atoms with Gasteiger partial charge in [0.15, 0.2) is 12.1 Å². The van der Waals surface area contributed by atoms with E-state index < -0.39 is 63.5 Å². The maximum atomic E-state index is 12.0. The molecule has 154 valence electrons. The minimum absolute atomic E-state index is 0.198. The number of rotatable bonds is 7. The highest BCUT2D eigenvalue weighted by Crippen LogP contribution is 2.55. The van der Waals surface area contributed by atoms with E-state index in [0.717, 1.165) is 4.57 Å². The molecule has 2 heterocycles. The molecule has 1 fully saturated rings. The van der Waals surface area contributed by atoms with Crippen LogP contribution in [0.2, 0.25) is 0 Å². The summed E-state index contributed by atoms with van der Waals surface area (Å²) in [6, 6.07) is 0. The number of hydrogen-bond donors (Lipinski definition) is 5. The first-order valence-electron chi connectivity index (χ1n) is 7.54. The van der Waals surface area contributed by atoms with Crippen LogP contribution in [0, 0.1) is 6.92 Å². The average Bonchev–Trinajstić information content (AvgIpc) is 2.82. The predicted molar refractivity (Wildman–Crippen MR) is 89.5 cm³/mol. The van der Waals surface area contributed by atoms with Gasteiger partial charge in [0.25, 0.3) is 5.56 Å². The molecule has 0 aromatic carbocycles. The molecule has 1 unspecified atom stereocenters. The van der Waals surface area contributed by atoms with Gasteiger partial charge in [-0.1, -0.05) is 0 Å². The lowest BCUT2D eigenvalue weighted by atomic mass is 10.1. The van der Waals surface area contributed by atoms with Crippen molar-refractivity contribution in [3.63, 3.8) is 0 Å². The topological polar surface area (TPSA) is 198 Å². The van der Waals surface area contributed by atoms with Gasteiger partial charge in [-0.2, -0.15) is 0 Å². The minimum Gasteiger partial charge on any atom is -0.387 e. The number of aryl methyl sites for hydroxylation is 1. The molecule has 5 N–H and O–H groups in total. The number of aromatic amines is 1. The van der Waals surface area contributed by atoms with Gasteiger partial charge >= 0.3 is 20.9 Å². The fourth-order valence-corrected chi connectivity index (χ4v) is 5.14. The van der Waals surface area contributed by atoms with Crippen LogP contribution in [0.3, 0.4) is 0 Å². The smallest absolute Gasteiger partial charge is 0.340 e. The van der Waals surface area contributed by atoms with E-state index in [4.69, 9.17) is 19.3 Å². The summed E-state index contributed by atoms with van der Waals surface area (Å²) in [5.74, 6) is -1.39. The second-order valence-electron chi connectivity index (χ2n) is 5.97. The zero-order valence-corrected chi connectivity index (χ0v) is 16.1. The van der Waals surface area contributed by atoms with Crippen LogP contribution >= 0.6 is 15.2 Å². The second kappa shape index (κ2) is 8.08. The molecular formula is C12H20N2O11P2. The maximum absolute atomic E-state index is 12.0. The number of aliphatic hydroxyl groups is 1. The van der Waals surface area contributed by atoms with E-state index in [1.165, 1.54) is 20.2 Å². The number of hydrogen-bond acceptors (Lipinski definition) is 8. The molecule has 2 rings (SSSR count). The standard InChI is InChI=1S/C12H20N2O11P2/c1-6-3-14(12(17)13-10(6)16)11-9(23-2)8(15)7(25-11)4-24-27(21,22)5-26(18,19)20/h3,7-9,11,15H,4-5H2,1-2H3,(H,21,22)(H,13,16,17)(H2,18,19,20)/t7-,8-,9-,11-/m1/s1. The Bertz CT molecular complexity index is 890. The summed E-state index contributed by atoms with van der Waals surface area (Å²) >= 11 is 0. The van der Waals surface area contributed by atoms with Gasteiger partial charge in [0.2, 0.25) is 0 Å². The number of methoxy groups -OCH3 is 1. The van der Waals surface area contributed by atoms with Gasteiger partial charge in [0.1, 0.15) is 18.3 Å². The van der Waals surface area contributed by atoms with Gasteiger partial charge in [0.05, 0.1) is 6.61 Å². The Morgan fingerprint density at radius 2 is 1.93 bits per heavy atom. The number of nitrogens with zero attached hydrogens (tertiary/aromatic N) is 1. The molecule has 0 saturated carbocycles. The van der Waals surface area contributed by atoms with Crippen LogP contribution in [0.1, 0.15) is 11.8 Å². The third-order valence-corrected chi connectivity index (χ3v) is 7.26. The molecule has 0 bridgehead atoms. The molecule has 1 saturated heterocycles. The highest BCUT2D eigenvalue weighted by atomic mass is 31.2. The number of aliphatic hydroxyl groups excluding tert-OH is 1. The number of H-pyrrole nitrogens is 1. The van der Waals surface area contributed by atoms with Crippen molar-refractivity contribution < 1.29 is 42.9 Å². The molecule has 1 aliphatic rings. The normalized spacial score (nSPS) is 28.2. The summed E-state index contributed by atoms with van der Waals surface area (Å²) in [6.07, 6.45) is -3.69. The molecule has 0 amide bonds. The van der Waals surface area contributed by atoms with Crippen molar-refractivity contribution in [1.82, 2.24) is 9.55 Å². The van der Waals surface area contributed by atoms with Gasteiger partial charge in [0, 0.05) is 18.9 Å². The van der Waals surface area contributed by atoms with Crippen LogP contribution in [0.5, 0.6) is 0 Å². The second-order valence-corrected chi connectivity index (χ2v) is 9.97. The van der Waals surface area contributed by atoms with Gasteiger partial charge < -0.3 is 33.8 Å². The fourth-order valence-electron chi connectivity index (χ4n) is 2.57. The average molecular weight is 430 g/mol. The first-order chi connectivity index (χ1) is 12.3. The van der Waals surface area contributed by atoms with E-state index in [1.54, 1.807) is 0 Å². The van der Waals surface area contributed by atoms with Gasteiger partial charge in [-0.3, -0.25) is 23.5 Å². The van der Waals surface area contributed by atoms with Crippen molar-refractivity contribution in [2.45, 2.75) is 31.5 Å². The van der Waals surface area contributed by atoms with E-state index in [2.05, 4.69) is 9.51 Å². The summed E-state index contributed by atoms with van der Waals surface area (Å²) in [7, 11) is -8.21. The molecule has 15 heteroatoms. The van der Waals surface area contributed by atoms with Crippen LogP contribution in [0.15, 0.2) is 15.8 Å². The van der Waals surface area contributed by atoms with Gasteiger partial charge in [-0.25, -0.2) is 4.79 Å². The first kappa shape index (κ1) is 22.2. The monoisotopic (exact) mass is 430 g/mol. The van der Waals surface area contributed by atoms with Crippen LogP contribution in [0.4, 0.5) is 0 Å². The third kappa shape index (κ3) is 5.44. The van der Waals surface area contributed by atoms with E-state index in [0.29, 0.717) is 0 Å². The van der Waals surface area contributed by atoms with Gasteiger partial charge in [-0.05, 0) is 6.92 Å². The third-order valence-electron chi connectivity index (χ3n) is 3.81. The Hall–Kier alpha value is -1.14. The van der Waals surface area contributed by atoms with Crippen molar-refractivity contribution in [3.8, 4) is 0 Å². The van der Waals surface area contributed by atoms with Crippen LogP contribution in [0.25, 0.3) is 0 Å². The van der Waals surface area contributed by atoms with Crippen molar-refractivity contribution in [3.05, 3.63) is 32.6 Å². The summed E-state index contributed by atoms with van der Waals surface area (Å²) in [5, 5.41) is 10.3. The highest BCUT2D eigenvalue weighted by Gasteiger charge is 2.46. The molecule has 0 radical (unpaired) electrons. The molecule has 27 heavy (non-hydrogen) atoms. The summed E-state index contributed by atoms with van der Waals surface area (Å²) in [6.45, 7) is 0.759. The van der Waals surface area contributed by atoms with E-state index in [9.17, 15) is 28.7 Å². The molecule has 0 aliphatic carbocycles. The van der Waals surface area contributed by atoms with Crippen LogP contribution < -0.4 is 11.2 Å². The lowest BCUT2D eigenvalue weighted by molar-refractivity contribution is -0.0609. The number of aromatic nitrogens is 2. The zero-order valence-electron chi connectivity index (χ0n) is 14.3. The van der Waals surface area contributed by atoms with Crippen molar-refractivity contribution in [2.75, 3.05) is 19.6 Å². The Kier molecular flexibility index (Phi) is 6.63. The molecule has 5 atom stereocenters. The Balaban J connectivity index is 2.20. The quantitative estimate of drug-likeness (QED) is 0.314. The first-order valence-corrected chi connectivity index (χ1v) is 11.1. The van der Waals surface area contributed by atoms with E-state index in [1.807, 2.05) is 0 Å². The van der Waals surface area contributed by atoms with Gasteiger partial charge in [-0.15, -0.1) is 0 Å². The Labute approximate surface area is 152 Å².